The summed E-state index contributed by atoms with van der Waals surface area (Å²) in [5, 5.41) is 22.2. The highest BCUT2D eigenvalue weighted by molar-refractivity contribution is 5.79. The summed E-state index contributed by atoms with van der Waals surface area (Å²) >= 11 is 0. The molecule has 2 aromatic carbocycles. The number of hydrogen-bond donors (Lipinski definition) is 2. The van der Waals surface area contributed by atoms with E-state index in [0.29, 0.717) is 22.8 Å². The lowest BCUT2D eigenvalue weighted by atomic mass is 9.65. The zero-order valence-electron chi connectivity index (χ0n) is 23.8. The monoisotopic (exact) mass is 592 g/mol. The Hall–Kier alpha value is -4.68. The van der Waals surface area contributed by atoms with Crippen LogP contribution < -0.4 is 24.3 Å². The molecule has 2 aliphatic heterocycles. The van der Waals surface area contributed by atoms with Gasteiger partial charge in [-0.15, -0.1) is 5.10 Å². The first-order chi connectivity index (χ1) is 20.9. The Labute approximate surface area is 247 Å². The number of methoxy groups -OCH3 is 2. The van der Waals surface area contributed by atoms with Gasteiger partial charge in [-0.1, -0.05) is 18.1 Å². The van der Waals surface area contributed by atoms with E-state index in [4.69, 9.17) is 28.4 Å². The van der Waals surface area contributed by atoms with Crippen molar-refractivity contribution in [2.24, 2.45) is 11.8 Å². The Bertz CT molecular complexity index is 1540. The number of fused-ring (bicyclic) bond motifs is 3. The third-order valence-corrected chi connectivity index (χ3v) is 8.88. The average molecular weight is 593 g/mol. The third-order valence-electron chi connectivity index (χ3n) is 8.88. The van der Waals surface area contributed by atoms with Crippen LogP contribution in [0.1, 0.15) is 60.0 Å². The molecular formula is C30H32N4O9. The van der Waals surface area contributed by atoms with Crippen LogP contribution in [0.2, 0.25) is 0 Å². The lowest BCUT2D eigenvalue weighted by Crippen LogP contribution is -2.37. The molecule has 2 aliphatic carbocycles. The van der Waals surface area contributed by atoms with Gasteiger partial charge in [0, 0.05) is 17.9 Å². The molecule has 1 saturated carbocycles. The average Bonchev–Trinajstić information content (AvgIpc) is 3.83. The number of esters is 1. The summed E-state index contributed by atoms with van der Waals surface area (Å²) in [6.07, 6.45) is 5.37. The molecule has 226 valence electrons. The van der Waals surface area contributed by atoms with Gasteiger partial charge in [0.05, 0.1) is 39.0 Å². The third kappa shape index (κ3) is 4.72. The molecule has 1 amide bonds. The minimum atomic E-state index is -0.599. The maximum Gasteiger partial charge on any atom is 0.407 e. The normalized spacial score (nSPS) is 23.8. The smallest absolute Gasteiger partial charge is 0.407 e. The molecule has 4 aliphatic rings. The van der Waals surface area contributed by atoms with Crippen molar-refractivity contribution in [2.45, 2.75) is 50.3 Å². The van der Waals surface area contributed by atoms with E-state index in [9.17, 15) is 14.7 Å². The van der Waals surface area contributed by atoms with Crippen LogP contribution in [0.3, 0.4) is 0 Å². The molecule has 3 heterocycles. The number of hydrogen-bond acceptors (Lipinski definition) is 11. The SMILES string of the molecule is COc1cc([C@@H]2c3cc4c(cc3[C@@H](n3cc(COC(=O)NC5CCCC5)nn3)[C@H]3COC(=O)[C@H]23)OCO4)cc(OC)c1O. The molecule has 13 nitrogen and oxygen atoms in total. The van der Waals surface area contributed by atoms with Gasteiger partial charge in [0.2, 0.25) is 12.5 Å². The summed E-state index contributed by atoms with van der Waals surface area (Å²) in [4.78, 5) is 25.7. The van der Waals surface area contributed by atoms with Crippen molar-refractivity contribution in [2.75, 3.05) is 27.6 Å². The quantitative estimate of drug-likeness (QED) is 0.388. The number of rotatable bonds is 7. The van der Waals surface area contributed by atoms with E-state index in [-0.39, 0.29) is 55.2 Å². The number of aromatic nitrogens is 3. The lowest BCUT2D eigenvalue weighted by molar-refractivity contribution is -0.141. The van der Waals surface area contributed by atoms with Gasteiger partial charge in [0.15, 0.2) is 23.0 Å². The van der Waals surface area contributed by atoms with Gasteiger partial charge >= 0.3 is 12.1 Å². The van der Waals surface area contributed by atoms with E-state index in [1.54, 1.807) is 23.0 Å². The van der Waals surface area contributed by atoms with Crippen LogP contribution >= 0.6 is 0 Å². The molecule has 0 unspecified atom stereocenters. The summed E-state index contributed by atoms with van der Waals surface area (Å²) in [6.45, 7) is 0.204. The summed E-state index contributed by atoms with van der Waals surface area (Å²) in [7, 11) is 2.91. The molecular weight excluding hydrogens is 560 g/mol. The number of phenolic OH excluding ortho intramolecular Hbond substituents is 1. The number of benzene rings is 2. The highest BCUT2D eigenvalue weighted by Crippen LogP contribution is 2.56. The van der Waals surface area contributed by atoms with Gasteiger partial charge in [-0.05, 0) is 53.8 Å². The number of phenols is 1. The predicted molar refractivity (Wildman–Crippen MR) is 147 cm³/mol. The Morgan fingerprint density at radius 1 is 1.05 bits per heavy atom. The molecule has 4 atom stereocenters. The van der Waals surface area contributed by atoms with Crippen LogP contribution in [0.15, 0.2) is 30.5 Å². The second-order valence-corrected chi connectivity index (χ2v) is 11.2. The van der Waals surface area contributed by atoms with E-state index < -0.39 is 24.0 Å². The molecule has 3 aromatic rings. The van der Waals surface area contributed by atoms with E-state index in [2.05, 4.69) is 15.6 Å². The first kappa shape index (κ1) is 27.2. The fraction of sp³-hybridized carbons (Fsp3) is 0.467. The van der Waals surface area contributed by atoms with Crippen molar-refractivity contribution in [3.8, 4) is 28.7 Å². The maximum atomic E-state index is 13.4. The Morgan fingerprint density at radius 2 is 1.74 bits per heavy atom. The number of aromatic hydroxyl groups is 1. The molecule has 0 bridgehead atoms. The fourth-order valence-corrected chi connectivity index (χ4v) is 6.90. The first-order valence-electron chi connectivity index (χ1n) is 14.3. The zero-order valence-corrected chi connectivity index (χ0v) is 23.8. The van der Waals surface area contributed by atoms with Crippen molar-refractivity contribution in [1.82, 2.24) is 20.3 Å². The van der Waals surface area contributed by atoms with Crippen LogP contribution in [0.25, 0.3) is 0 Å². The summed E-state index contributed by atoms with van der Waals surface area (Å²) < 4.78 is 35.1. The zero-order chi connectivity index (χ0) is 29.7. The number of carbonyl (C=O) groups is 2. The van der Waals surface area contributed by atoms with Crippen LogP contribution in [-0.4, -0.2) is 65.8 Å². The van der Waals surface area contributed by atoms with Crippen LogP contribution in [0, 0.1) is 11.8 Å². The van der Waals surface area contributed by atoms with Gasteiger partial charge in [0.25, 0.3) is 0 Å². The van der Waals surface area contributed by atoms with Crippen molar-refractivity contribution in [3.05, 3.63) is 52.8 Å². The van der Waals surface area contributed by atoms with Gasteiger partial charge < -0.3 is 38.8 Å². The standard InChI is InChI=1S/C30H32N4O9/c1-38-23-7-15(8-24(39-2)28(23)35)25-18-9-21-22(43-14-42-21)10-19(18)27(20-13-40-29(36)26(20)25)34-11-17(32-33-34)12-41-30(37)31-16-5-3-4-6-16/h7-11,16,20,25-27,35H,3-6,12-14H2,1-2H3,(H,31,37)/t20-,25+,26-,27+/m0/s1. The van der Waals surface area contributed by atoms with Gasteiger partial charge in [-0.25, -0.2) is 9.48 Å². The van der Waals surface area contributed by atoms with E-state index in [0.717, 1.165) is 36.8 Å². The Balaban J connectivity index is 1.27. The second-order valence-electron chi connectivity index (χ2n) is 11.2. The number of nitrogens with zero attached hydrogens (tertiary/aromatic N) is 3. The number of cyclic esters (lactones) is 1. The molecule has 0 radical (unpaired) electrons. The van der Waals surface area contributed by atoms with Crippen molar-refractivity contribution < 1.29 is 43.1 Å². The van der Waals surface area contributed by atoms with E-state index in [1.165, 1.54) is 14.2 Å². The molecule has 2 N–H and O–H groups in total. The number of ether oxygens (including phenoxy) is 6. The molecule has 2 fully saturated rings. The van der Waals surface area contributed by atoms with Gasteiger partial charge in [0.1, 0.15) is 12.3 Å². The fourth-order valence-electron chi connectivity index (χ4n) is 6.90. The minimum absolute atomic E-state index is 0.0431. The summed E-state index contributed by atoms with van der Waals surface area (Å²) in [5.41, 5.74) is 2.85. The molecule has 1 saturated heterocycles. The van der Waals surface area contributed by atoms with Crippen molar-refractivity contribution in [3.63, 3.8) is 0 Å². The van der Waals surface area contributed by atoms with Gasteiger partial charge in [-0.2, -0.15) is 0 Å². The van der Waals surface area contributed by atoms with Crippen LogP contribution in [0.4, 0.5) is 4.79 Å². The highest BCUT2D eigenvalue weighted by Gasteiger charge is 2.53. The molecule has 7 rings (SSSR count). The van der Waals surface area contributed by atoms with Crippen molar-refractivity contribution >= 4 is 12.1 Å². The molecule has 43 heavy (non-hydrogen) atoms. The van der Waals surface area contributed by atoms with E-state index >= 15 is 0 Å². The second kappa shape index (κ2) is 10.9. The highest BCUT2D eigenvalue weighted by atomic mass is 16.7. The Morgan fingerprint density at radius 3 is 2.44 bits per heavy atom. The predicted octanol–water partition coefficient (Wildman–Crippen LogP) is 3.42. The number of carbonyl (C=O) groups excluding carboxylic acids is 2. The van der Waals surface area contributed by atoms with Gasteiger partial charge in [-0.3, -0.25) is 4.79 Å². The summed E-state index contributed by atoms with van der Waals surface area (Å²) in [6, 6.07) is 6.93. The van der Waals surface area contributed by atoms with Crippen LogP contribution in [-0.2, 0) is 20.9 Å². The first-order valence-corrected chi connectivity index (χ1v) is 14.3. The largest absolute Gasteiger partial charge is 0.502 e. The van der Waals surface area contributed by atoms with E-state index in [1.807, 2.05) is 12.1 Å². The molecule has 13 heteroatoms. The van der Waals surface area contributed by atoms with Crippen molar-refractivity contribution in [1.29, 1.82) is 0 Å². The Kier molecular flexibility index (Phi) is 6.86. The summed E-state index contributed by atoms with van der Waals surface area (Å²) in [5.74, 6) is -0.288. The molecule has 1 aromatic heterocycles. The number of amides is 1. The maximum absolute atomic E-state index is 13.4. The number of nitrogens with one attached hydrogen (secondary N) is 1. The number of alkyl carbamates (subject to hydrolysis) is 1. The topological polar surface area (TPSA) is 152 Å². The van der Waals surface area contributed by atoms with Crippen LogP contribution in [0.5, 0.6) is 28.7 Å². The molecule has 0 spiro atoms. The minimum Gasteiger partial charge on any atom is -0.502 e. The lowest BCUT2D eigenvalue weighted by Gasteiger charge is -2.39.